The van der Waals surface area contributed by atoms with Gasteiger partial charge in [0.15, 0.2) is 5.65 Å². The molecule has 7 heteroatoms. The summed E-state index contributed by atoms with van der Waals surface area (Å²) in [6.45, 7) is 8.05. The van der Waals surface area contributed by atoms with Gasteiger partial charge in [0.05, 0.1) is 0 Å². The number of fused-ring (bicyclic) bond motifs is 1. The lowest BCUT2D eigenvalue weighted by molar-refractivity contribution is -0.114. The molecule has 0 saturated carbocycles. The van der Waals surface area contributed by atoms with E-state index in [4.69, 9.17) is 4.98 Å². The number of carbonyl (C=O) groups excluding carboxylic acids is 1. The predicted octanol–water partition coefficient (Wildman–Crippen LogP) is 5.72. The number of nitrogens with zero attached hydrogens (tertiary/aromatic N) is 4. The van der Waals surface area contributed by atoms with Gasteiger partial charge in [-0.15, -0.1) is 5.10 Å². The van der Waals surface area contributed by atoms with Gasteiger partial charge in [0.2, 0.25) is 11.9 Å². The fourth-order valence-electron chi connectivity index (χ4n) is 3.92. The van der Waals surface area contributed by atoms with Gasteiger partial charge in [-0.1, -0.05) is 26.0 Å². The summed E-state index contributed by atoms with van der Waals surface area (Å²) in [6.07, 6.45) is 4.16. The molecule has 0 saturated heterocycles. The van der Waals surface area contributed by atoms with E-state index < -0.39 is 0 Å². The van der Waals surface area contributed by atoms with E-state index in [1.807, 2.05) is 36.5 Å². The molecule has 0 aliphatic rings. The van der Waals surface area contributed by atoms with E-state index in [0.29, 0.717) is 5.95 Å². The minimum absolute atomic E-state index is 0.0956. The largest absolute Gasteiger partial charge is 0.372 e. The van der Waals surface area contributed by atoms with Crippen LogP contribution in [0.5, 0.6) is 0 Å². The second kappa shape index (κ2) is 10.2. The highest BCUT2D eigenvalue weighted by molar-refractivity contribution is 5.88. The molecule has 4 rings (SSSR count). The number of benzene rings is 2. The molecule has 33 heavy (non-hydrogen) atoms. The van der Waals surface area contributed by atoms with Crippen molar-refractivity contribution in [3.05, 3.63) is 66.9 Å². The van der Waals surface area contributed by atoms with Gasteiger partial charge in [0.1, 0.15) is 0 Å². The van der Waals surface area contributed by atoms with Crippen LogP contribution < -0.4 is 15.5 Å². The van der Waals surface area contributed by atoms with Crippen LogP contribution in [0.3, 0.4) is 0 Å². The third-order valence-electron chi connectivity index (χ3n) is 5.35. The van der Waals surface area contributed by atoms with Gasteiger partial charge >= 0.3 is 0 Å². The molecule has 0 radical (unpaired) electrons. The van der Waals surface area contributed by atoms with Crippen LogP contribution in [0.1, 0.15) is 33.6 Å². The molecular formula is C26H30N6O. The number of hydrogen-bond acceptors (Lipinski definition) is 5. The van der Waals surface area contributed by atoms with Crippen molar-refractivity contribution in [2.45, 2.75) is 33.6 Å². The minimum Gasteiger partial charge on any atom is -0.372 e. The highest BCUT2D eigenvalue weighted by atomic mass is 16.1. The van der Waals surface area contributed by atoms with Crippen LogP contribution in [-0.4, -0.2) is 33.6 Å². The van der Waals surface area contributed by atoms with E-state index in [9.17, 15) is 4.79 Å². The van der Waals surface area contributed by atoms with Gasteiger partial charge in [0, 0.05) is 48.8 Å². The monoisotopic (exact) mass is 442 g/mol. The molecule has 0 spiro atoms. The van der Waals surface area contributed by atoms with Gasteiger partial charge in [0.25, 0.3) is 0 Å². The maximum Gasteiger partial charge on any atom is 0.247 e. The van der Waals surface area contributed by atoms with E-state index >= 15 is 0 Å². The zero-order valence-corrected chi connectivity index (χ0v) is 19.4. The van der Waals surface area contributed by atoms with Gasteiger partial charge in [-0.2, -0.15) is 4.98 Å². The molecule has 2 heterocycles. The molecule has 0 fully saturated rings. The number of aromatic nitrogens is 3. The molecule has 0 bridgehead atoms. The highest BCUT2D eigenvalue weighted by Gasteiger charge is 2.11. The fourth-order valence-corrected chi connectivity index (χ4v) is 3.92. The lowest BCUT2D eigenvalue weighted by atomic mass is 10.1. The Balaban J connectivity index is 1.57. The van der Waals surface area contributed by atoms with Crippen molar-refractivity contribution < 1.29 is 4.79 Å². The molecule has 1 amide bonds. The number of carbonyl (C=O) groups is 1. The first-order valence-electron chi connectivity index (χ1n) is 11.4. The first-order valence-corrected chi connectivity index (χ1v) is 11.4. The topological polar surface area (TPSA) is 74.6 Å². The Kier molecular flexibility index (Phi) is 6.88. The third-order valence-corrected chi connectivity index (χ3v) is 5.35. The van der Waals surface area contributed by atoms with E-state index in [0.717, 1.165) is 54.1 Å². The Hall–Kier alpha value is -3.87. The van der Waals surface area contributed by atoms with E-state index in [1.54, 1.807) is 4.52 Å². The normalized spacial score (nSPS) is 10.9. The summed E-state index contributed by atoms with van der Waals surface area (Å²) in [5, 5.41) is 10.6. The van der Waals surface area contributed by atoms with Gasteiger partial charge in [-0.05, 0) is 66.9 Å². The van der Waals surface area contributed by atoms with Crippen molar-refractivity contribution in [3.8, 4) is 11.1 Å². The second-order valence-corrected chi connectivity index (χ2v) is 8.04. The van der Waals surface area contributed by atoms with Crippen molar-refractivity contribution in [1.82, 2.24) is 14.6 Å². The average molecular weight is 443 g/mol. The summed E-state index contributed by atoms with van der Waals surface area (Å²) in [5.41, 5.74) is 5.78. The van der Waals surface area contributed by atoms with Crippen molar-refractivity contribution in [2.75, 3.05) is 28.6 Å². The summed E-state index contributed by atoms with van der Waals surface area (Å²) in [4.78, 5) is 18.4. The van der Waals surface area contributed by atoms with Crippen molar-refractivity contribution in [2.24, 2.45) is 0 Å². The molecule has 2 aromatic carbocycles. The summed E-state index contributed by atoms with van der Waals surface area (Å²) >= 11 is 0. The molecule has 0 atom stereocenters. The molecular weight excluding hydrogens is 412 g/mol. The fraction of sp³-hybridized carbons (Fsp3) is 0.269. The number of rotatable bonds is 9. The summed E-state index contributed by atoms with van der Waals surface area (Å²) in [5.74, 6) is 0.421. The average Bonchev–Trinajstić information content (AvgIpc) is 3.22. The first kappa shape index (κ1) is 22.3. The number of hydrogen-bond donors (Lipinski definition) is 2. The van der Waals surface area contributed by atoms with E-state index in [1.165, 1.54) is 12.6 Å². The Morgan fingerprint density at radius 2 is 1.61 bits per heavy atom. The molecule has 0 aliphatic heterocycles. The van der Waals surface area contributed by atoms with E-state index in [-0.39, 0.29) is 5.91 Å². The van der Waals surface area contributed by atoms with Gasteiger partial charge < -0.3 is 15.5 Å². The third kappa shape index (κ3) is 5.31. The Labute approximate surface area is 194 Å². The zero-order valence-electron chi connectivity index (χ0n) is 19.4. The first-order chi connectivity index (χ1) is 16.1. The van der Waals surface area contributed by atoms with Crippen molar-refractivity contribution >= 4 is 34.6 Å². The maximum absolute atomic E-state index is 11.2. The second-order valence-electron chi connectivity index (χ2n) is 8.04. The number of anilines is 4. The van der Waals surface area contributed by atoms with Crippen LogP contribution in [-0.2, 0) is 4.79 Å². The highest BCUT2D eigenvalue weighted by Crippen LogP contribution is 2.27. The van der Waals surface area contributed by atoms with Crippen LogP contribution >= 0.6 is 0 Å². The zero-order chi connectivity index (χ0) is 23.2. The predicted molar refractivity (Wildman–Crippen MR) is 135 cm³/mol. The van der Waals surface area contributed by atoms with Crippen molar-refractivity contribution in [3.63, 3.8) is 0 Å². The van der Waals surface area contributed by atoms with Crippen LogP contribution in [0.4, 0.5) is 23.0 Å². The summed E-state index contributed by atoms with van der Waals surface area (Å²) < 4.78 is 1.79. The van der Waals surface area contributed by atoms with E-state index in [2.05, 4.69) is 64.8 Å². The molecule has 0 unspecified atom stereocenters. The lowest BCUT2D eigenvalue weighted by Crippen LogP contribution is -2.24. The Morgan fingerprint density at radius 1 is 0.939 bits per heavy atom. The van der Waals surface area contributed by atoms with Crippen LogP contribution in [0.2, 0.25) is 0 Å². The molecule has 0 aliphatic carbocycles. The number of amides is 1. The number of pyridine rings is 1. The summed E-state index contributed by atoms with van der Waals surface area (Å²) in [6, 6.07) is 20.2. The standard InChI is InChI=1S/C26H30N6O/c1-4-16-31(17-5-2)23-14-8-20(9-15-23)24-7-6-18-32-25(24)29-26(30-32)28-22-12-10-21(11-13-22)27-19(3)33/h6-15,18H,4-5,16-17H2,1-3H3,(H,27,33)(H,28,30). The molecule has 4 aromatic rings. The van der Waals surface area contributed by atoms with Gasteiger partial charge in [-0.3, -0.25) is 4.79 Å². The molecule has 2 aromatic heterocycles. The van der Waals surface area contributed by atoms with Crippen molar-refractivity contribution in [1.29, 1.82) is 0 Å². The molecule has 170 valence electrons. The lowest BCUT2D eigenvalue weighted by Gasteiger charge is -2.24. The maximum atomic E-state index is 11.2. The Morgan fingerprint density at radius 3 is 2.24 bits per heavy atom. The molecule has 7 nitrogen and oxygen atoms in total. The quantitative estimate of drug-likeness (QED) is 0.346. The SMILES string of the molecule is CCCN(CCC)c1ccc(-c2cccn3nc(Nc4ccc(NC(C)=O)cc4)nc23)cc1. The van der Waals surface area contributed by atoms with Gasteiger partial charge in [-0.25, -0.2) is 4.52 Å². The molecule has 2 N–H and O–H groups in total. The van der Waals surface area contributed by atoms with Crippen LogP contribution in [0.25, 0.3) is 16.8 Å². The smallest absolute Gasteiger partial charge is 0.247 e. The van der Waals surface area contributed by atoms with Crippen LogP contribution in [0, 0.1) is 0 Å². The minimum atomic E-state index is -0.0956. The van der Waals surface area contributed by atoms with Crippen LogP contribution in [0.15, 0.2) is 66.9 Å². The Bertz CT molecular complexity index is 1210. The summed E-state index contributed by atoms with van der Waals surface area (Å²) in [7, 11) is 0. The number of nitrogens with one attached hydrogen (secondary N) is 2.